The van der Waals surface area contributed by atoms with E-state index in [1.165, 1.54) is 103 Å². The van der Waals surface area contributed by atoms with Gasteiger partial charge in [-0.05, 0) is 12.8 Å². The van der Waals surface area contributed by atoms with Crippen LogP contribution in [-0.4, -0.2) is 17.2 Å². The Kier molecular flexibility index (Phi) is 15.0. The van der Waals surface area contributed by atoms with Gasteiger partial charge in [-0.3, -0.25) is 0 Å². The maximum atomic E-state index is 11.5. The minimum absolute atomic E-state index is 0.152. The Balaban J connectivity index is 1.79. The van der Waals surface area contributed by atoms with E-state index in [2.05, 4.69) is 13.5 Å². The van der Waals surface area contributed by atoms with Crippen LogP contribution in [0.5, 0.6) is 0 Å². The van der Waals surface area contributed by atoms with E-state index >= 15 is 0 Å². The number of ether oxygens (including phenoxy) is 1. The average Bonchev–Trinajstić information content (AvgIpc) is 2.92. The lowest BCUT2D eigenvalue weighted by atomic mass is 10.0. The molecule has 0 aliphatic carbocycles. The fourth-order valence-corrected chi connectivity index (χ4v) is 3.84. The summed E-state index contributed by atoms with van der Waals surface area (Å²) in [5.74, 6) is -0.289. The zero-order valence-electron chi connectivity index (χ0n) is 18.4. The number of allylic oxidation sites excluding steroid dienone is 1. The second-order valence-electron chi connectivity index (χ2n) is 8.36. The van der Waals surface area contributed by atoms with Gasteiger partial charge in [-0.2, -0.15) is 0 Å². The first kappa shape index (κ1) is 24.9. The quantitative estimate of drug-likeness (QED) is 0.150. The van der Waals surface area contributed by atoms with E-state index in [-0.39, 0.29) is 5.76 Å². The molecule has 1 rings (SSSR count). The van der Waals surface area contributed by atoms with Crippen molar-refractivity contribution in [2.45, 2.75) is 129 Å². The highest BCUT2D eigenvalue weighted by Crippen LogP contribution is 2.24. The van der Waals surface area contributed by atoms with E-state index in [0.717, 1.165) is 12.8 Å². The van der Waals surface area contributed by atoms with Crippen molar-refractivity contribution in [1.29, 1.82) is 0 Å². The molecule has 0 amide bonds. The first-order chi connectivity index (χ1) is 13.7. The van der Waals surface area contributed by atoms with Gasteiger partial charge in [-0.25, -0.2) is 4.79 Å². The number of cyclic esters (lactones) is 1. The van der Waals surface area contributed by atoms with Crippen molar-refractivity contribution in [3.63, 3.8) is 0 Å². The highest BCUT2D eigenvalue weighted by molar-refractivity contribution is 5.93. The van der Waals surface area contributed by atoms with Crippen LogP contribution in [0.2, 0.25) is 0 Å². The van der Waals surface area contributed by atoms with Gasteiger partial charge in [0.15, 0.2) is 0 Å². The van der Waals surface area contributed by atoms with Crippen molar-refractivity contribution in [2.75, 3.05) is 0 Å². The van der Waals surface area contributed by atoms with Gasteiger partial charge >= 0.3 is 5.97 Å². The zero-order chi connectivity index (χ0) is 20.5. The van der Waals surface area contributed by atoms with Gasteiger partial charge in [0, 0.05) is 0 Å². The topological polar surface area (TPSA) is 46.5 Å². The van der Waals surface area contributed by atoms with Gasteiger partial charge in [0.2, 0.25) is 0 Å². The lowest BCUT2D eigenvalue weighted by Crippen LogP contribution is -2.07. The largest absolute Gasteiger partial charge is 0.425 e. The Labute approximate surface area is 173 Å². The third-order valence-electron chi connectivity index (χ3n) is 5.73. The van der Waals surface area contributed by atoms with E-state index in [4.69, 9.17) is 4.74 Å². The van der Waals surface area contributed by atoms with Crippen LogP contribution >= 0.6 is 0 Å². The molecule has 0 saturated carbocycles. The molecule has 1 aliphatic heterocycles. The number of aliphatic hydroxyl groups excluding tert-OH is 1. The Bertz CT molecular complexity index is 453. The van der Waals surface area contributed by atoms with Crippen LogP contribution in [0.15, 0.2) is 24.0 Å². The van der Waals surface area contributed by atoms with Crippen LogP contribution in [0, 0.1) is 0 Å². The maximum Gasteiger partial charge on any atom is 0.341 e. The van der Waals surface area contributed by atoms with Crippen molar-refractivity contribution in [2.24, 2.45) is 0 Å². The molecule has 1 N–H and O–H groups in total. The van der Waals surface area contributed by atoms with E-state index in [0.29, 0.717) is 5.57 Å². The highest BCUT2D eigenvalue weighted by atomic mass is 16.6. The standard InChI is InChI=1S/C25H44O3/c1-3-4-5-6-7-8-9-10-11-12-13-14-15-16-17-18-19-20-21-23-24(26)22(2)28-25(23)27/h21,24,26H,2-20H2,1H3/t24-/m1/s1. The van der Waals surface area contributed by atoms with E-state index in [1.807, 2.05) is 6.08 Å². The number of unbranched alkanes of at least 4 members (excludes halogenated alkanes) is 17. The summed E-state index contributed by atoms with van der Waals surface area (Å²) in [4.78, 5) is 11.5. The number of aliphatic hydroxyl groups is 1. The number of hydrogen-bond acceptors (Lipinski definition) is 3. The van der Waals surface area contributed by atoms with Gasteiger partial charge in [0.1, 0.15) is 11.9 Å². The molecule has 0 aromatic carbocycles. The van der Waals surface area contributed by atoms with E-state index in [9.17, 15) is 9.90 Å². The molecule has 1 aliphatic rings. The monoisotopic (exact) mass is 392 g/mol. The summed E-state index contributed by atoms with van der Waals surface area (Å²) in [6.07, 6.45) is 24.9. The van der Waals surface area contributed by atoms with Crippen LogP contribution in [0.1, 0.15) is 122 Å². The van der Waals surface area contributed by atoms with Crippen molar-refractivity contribution < 1.29 is 14.6 Å². The van der Waals surface area contributed by atoms with Gasteiger partial charge in [-0.1, -0.05) is 122 Å². The second kappa shape index (κ2) is 16.8. The second-order valence-corrected chi connectivity index (χ2v) is 8.36. The lowest BCUT2D eigenvalue weighted by Gasteiger charge is -2.03. The van der Waals surface area contributed by atoms with Gasteiger partial charge < -0.3 is 9.84 Å². The lowest BCUT2D eigenvalue weighted by molar-refractivity contribution is -0.132. The minimum Gasteiger partial charge on any atom is -0.425 e. The molecular weight excluding hydrogens is 348 g/mol. The molecule has 3 heteroatoms. The summed E-state index contributed by atoms with van der Waals surface area (Å²) in [5, 5.41) is 9.76. The third-order valence-corrected chi connectivity index (χ3v) is 5.73. The van der Waals surface area contributed by atoms with Crippen LogP contribution in [0.3, 0.4) is 0 Å². The van der Waals surface area contributed by atoms with Crippen LogP contribution in [0.4, 0.5) is 0 Å². The van der Waals surface area contributed by atoms with Crippen LogP contribution in [0.25, 0.3) is 0 Å². The number of carbonyl (C=O) groups excluding carboxylic acids is 1. The average molecular weight is 393 g/mol. The first-order valence-corrected chi connectivity index (χ1v) is 12.0. The summed E-state index contributed by atoms with van der Waals surface area (Å²) < 4.78 is 4.82. The molecule has 28 heavy (non-hydrogen) atoms. The summed E-state index contributed by atoms with van der Waals surface area (Å²) in [5.41, 5.74) is 0.362. The molecular formula is C25H44O3. The highest BCUT2D eigenvalue weighted by Gasteiger charge is 2.32. The zero-order valence-corrected chi connectivity index (χ0v) is 18.4. The summed E-state index contributed by atoms with van der Waals surface area (Å²) in [6, 6.07) is 0. The maximum absolute atomic E-state index is 11.5. The Hall–Kier alpha value is -1.09. The Morgan fingerprint density at radius 2 is 1.18 bits per heavy atom. The van der Waals surface area contributed by atoms with Crippen molar-refractivity contribution >= 4 is 5.97 Å². The molecule has 3 nitrogen and oxygen atoms in total. The number of esters is 1. The van der Waals surface area contributed by atoms with Crippen LogP contribution in [-0.2, 0) is 9.53 Å². The fraction of sp³-hybridized carbons (Fsp3) is 0.800. The molecule has 0 unspecified atom stereocenters. The number of rotatable bonds is 18. The Morgan fingerprint density at radius 3 is 1.54 bits per heavy atom. The van der Waals surface area contributed by atoms with Gasteiger partial charge in [0.05, 0.1) is 5.57 Å². The molecule has 0 bridgehead atoms. The van der Waals surface area contributed by atoms with E-state index < -0.39 is 12.1 Å². The minimum atomic E-state index is -0.932. The molecule has 0 radical (unpaired) electrons. The van der Waals surface area contributed by atoms with Crippen LogP contribution < -0.4 is 0 Å². The molecule has 1 atom stereocenters. The number of hydrogen-bond donors (Lipinski definition) is 1. The first-order valence-electron chi connectivity index (χ1n) is 12.0. The van der Waals surface area contributed by atoms with Gasteiger partial charge in [0.25, 0.3) is 0 Å². The fourth-order valence-electron chi connectivity index (χ4n) is 3.84. The SMILES string of the molecule is C=C1OC(=O)C(=CCCCCCCCCCCCCCCCCCCC)[C@@H]1O. The number of carbonyl (C=O) groups is 1. The predicted molar refractivity (Wildman–Crippen MR) is 118 cm³/mol. The molecule has 1 fully saturated rings. The molecule has 162 valence electrons. The van der Waals surface area contributed by atoms with Gasteiger partial charge in [-0.15, -0.1) is 0 Å². The summed E-state index contributed by atoms with van der Waals surface area (Å²) in [7, 11) is 0. The summed E-state index contributed by atoms with van der Waals surface area (Å²) >= 11 is 0. The molecule has 1 saturated heterocycles. The molecule has 0 aromatic heterocycles. The van der Waals surface area contributed by atoms with E-state index in [1.54, 1.807) is 0 Å². The smallest absolute Gasteiger partial charge is 0.341 e. The van der Waals surface area contributed by atoms with Crippen molar-refractivity contribution in [3.8, 4) is 0 Å². The molecule has 1 heterocycles. The van der Waals surface area contributed by atoms with Crippen molar-refractivity contribution in [1.82, 2.24) is 0 Å². The predicted octanol–water partition coefficient (Wildman–Crippen LogP) is 7.39. The molecule has 0 spiro atoms. The normalized spacial score (nSPS) is 18.2. The third kappa shape index (κ3) is 11.7. The summed E-state index contributed by atoms with van der Waals surface area (Å²) in [6.45, 7) is 5.81. The molecule has 0 aromatic rings. The Morgan fingerprint density at radius 1 is 0.786 bits per heavy atom. The van der Waals surface area contributed by atoms with Crippen molar-refractivity contribution in [3.05, 3.63) is 24.0 Å².